The van der Waals surface area contributed by atoms with Gasteiger partial charge in [0.25, 0.3) is 0 Å². The molecule has 0 bridgehead atoms. The van der Waals surface area contributed by atoms with E-state index in [1.165, 1.54) is 0 Å². The fourth-order valence-corrected chi connectivity index (χ4v) is 2.32. The fraction of sp³-hybridized carbons (Fsp3) is 0.444. The van der Waals surface area contributed by atoms with Crippen LogP contribution in [0.1, 0.15) is 32.8 Å². The van der Waals surface area contributed by atoms with Crippen molar-refractivity contribution < 1.29 is 19.1 Å². The van der Waals surface area contributed by atoms with Gasteiger partial charge in [-0.1, -0.05) is 42.5 Å². The average molecular weight is 317 g/mol. The molecule has 0 unspecified atom stereocenters. The second-order valence-electron chi connectivity index (χ2n) is 6.54. The first kappa shape index (κ1) is 17.1. The lowest BCUT2D eigenvalue weighted by atomic mass is 10.0. The van der Waals surface area contributed by atoms with Gasteiger partial charge in [-0.15, -0.1) is 0 Å². The van der Waals surface area contributed by atoms with Crippen LogP contribution in [-0.4, -0.2) is 23.7 Å². The van der Waals surface area contributed by atoms with Gasteiger partial charge in [-0.25, -0.2) is 4.79 Å². The zero-order valence-electron chi connectivity index (χ0n) is 13.7. The number of hydrogen-bond donors (Lipinski definition) is 1. The average Bonchev–Trinajstić information content (AvgIpc) is 2.92. The predicted octanol–water partition coefficient (Wildman–Crippen LogP) is 3.20. The molecular formula is C18H23NO4. The van der Waals surface area contributed by atoms with E-state index in [0.717, 1.165) is 5.56 Å². The summed E-state index contributed by atoms with van der Waals surface area (Å²) in [5.74, 6) is -0.730. The van der Waals surface area contributed by atoms with Crippen LogP contribution in [0.5, 0.6) is 0 Å². The predicted molar refractivity (Wildman–Crippen MR) is 86.6 cm³/mol. The van der Waals surface area contributed by atoms with E-state index in [2.05, 4.69) is 5.32 Å². The molecule has 2 atom stereocenters. The molecule has 0 radical (unpaired) electrons. The quantitative estimate of drug-likeness (QED) is 0.684. The molecule has 1 aromatic carbocycles. The number of esters is 1. The molecule has 1 amide bonds. The number of benzene rings is 1. The Morgan fingerprint density at radius 3 is 2.57 bits per heavy atom. The van der Waals surface area contributed by atoms with Crippen molar-refractivity contribution in [1.82, 2.24) is 5.32 Å². The van der Waals surface area contributed by atoms with Gasteiger partial charge in [-0.05, 0) is 32.8 Å². The van der Waals surface area contributed by atoms with Crippen LogP contribution in [0.25, 0.3) is 0 Å². The van der Waals surface area contributed by atoms with Crippen molar-refractivity contribution in [3.8, 4) is 0 Å². The number of alkyl carbamates (subject to hydrolysis) is 1. The Morgan fingerprint density at radius 1 is 1.22 bits per heavy atom. The Balaban J connectivity index is 1.86. The van der Waals surface area contributed by atoms with E-state index in [-0.39, 0.29) is 12.6 Å². The Labute approximate surface area is 136 Å². The minimum atomic E-state index is -0.574. The highest BCUT2D eigenvalue weighted by Gasteiger charge is 2.33. The van der Waals surface area contributed by atoms with Crippen LogP contribution in [0.3, 0.4) is 0 Å². The molecule has 1 aliphatic carbocycles. The highest BCUT2D eigenvalue weighted by atomic mass is 16.6. The van der Waals surface area contributed by atoms with Crippen molar-refractivity contribution >= 4 is 12.1 Å². The maximum Gasteiger partial charge on any atom is 0.408 e. The lowest BCUT2D eigenvalue weighted by molar-refractivity contribution is -0.150. The first-order valence-electron chi connectivity index (χ1n) is 7.72. The van der Waals surface area contributed by atoms with Crippen LogP contribution < -0.4 is 5.32 Å². The fourth-order valence-electron chi connectivity index (χ4n) is 2.32. The normalized spacial score (nSPS) is 20.1. The molecule has 0 saturated heterocycles. The van der Waals surface area contributed by atoms with Crippen molar-refractivity contribution in [2.45, 2.75) is 45.4 Å². The first-order valence-corrected chi connectivity index (χ1v) is 7.72. The van der Waals surface area contributed by atoms with Crippen LogP contribution in [0.15, 0.2) is 42.5 Å². The van der Waals surface area contributed by atoms with Gasteiger partial charge in [0.15, 0.2) is 0 Å². The number of ether oxygens (including phenoxy) is 2. The number of hydrogen-bond acceptors (Lipinski definition) is 4. The van der Waals surface area contributed by atoms with Gasteiger partial charge in [-0.3, -0.25) is 4.79 Å². The third-order valence-electron chi connectivity index (χ3n) is 3.38. The largest absolute Gasteiger partial charge is 0.461 e. The van der Waals surface area contributed by atoms with Gasteiger partial charge in [0.05, 0.1) is 12.0 Å². The van der Waals surface area contributed by atoms with Crippen molar-refractivity contribution in [2.75, 3.05) is 0 Å². The molecule has 0 aromatic heterocycles. The standard InChI is InChI=1S/C18H23NO4/c1-18(2,3)23-17(21)19-15-11-7-10-14(15)16(20)22-12-13-8-5-4-6-9-13/h4-9,11,14-15H,10,12H2,1-3H3,(H,19,21)/t14-,15-/m0/s1. The third kappa shape index (κ3) is 5.43. The monoisotopic (exact) mass is 317 g/mol. The first-order chi connectivity index (χ1) is 10.8. The molecule has 23 heavy (non-hydrogen) atoms. The van der Waals surface area contributed by atoms with E-state index < -0.39 is 23.7 Å². The molecule has 1 N–H and O–H groups in total. The second-order valence-corrected chi connectivity index (χ2v) is 6.54. The maximum atomic E-state index is 12.2. The van der Waals surface area contributed by atoms with E-state index in [4.69, 9.17) is 9.47 Å². The molecule has 0 saturated carbocycles. The molecule has 0 fully saturated rings. The summed E-state index contributed by atoms with van der Waals surface area (Å²) >= 11 is 0. The van der Waals surface area contributed by atoms with E-state index in [0.29, 0.717) is 6.42 Å². The summed E-state index contributed by atoms with van der Waals surface area (Å²) in [5, 5.41) is 2.72. The molecule has 5 nitrogen and oxygen atoms in total. The number of carbonyl (C=O) groups excluding carboxylic acids is 2. The molecule has 1 aromatic rings. The van der Waals surface area contributed by atoms with E-state index in [9.17, 15) is 9.59 Å². The molecule has 0 heterocycles. The molecule has 124 valence electrons. The van der Waals surface area contributed by atoms with Crippen LogP contribution in [-0.2, 0) is 20.9 Å². The summed E-state index contributed by atoms with van der Waals surface area (Å²) < 4.78 is 10.6. The number of nitrogens with one attached hydrogen (secondary N) is 1. The van der Waals surface area contributed by atoms with Crippen LogP contribution in [0.2, 0.25) is 0 Å². The molecule has 0 spiro atoms. The topological polar surface area (TPSA) is 64.6 Å². The van der Waals surface area contributed by atoms with Crippen molar-refractivity contribution in [2.24, 2.45) is 5.92 Å². The summed E-state index contributed by atoms with van der Waals surface area (Å²) in [6.07, 6.45) is 3.69. The molecule has 5 heteroatoms. The zero-order chi connectivity index (χ0) is 16.9. The highest BCUT2D eigenvalue weighted by Crippen LogP contribution is 2.21. The maximum absolute atomic E-state index is 12.2. The molecular weight excluding hydrogens is 294 g/mol. The Hall–Kier alpha value is -2.30. The van der Waals surface area contributed by atoms with Crippen LogP contribution >= 0.6 is 0 Å². The summed E-state index contributed by atoms with van der Waals surface area (Å²) in [6, 6.07) is 9.11. The third-order valence-corrected chi connectivity index (χ3v) is 3.38. The zero-order valence-corrected chi connectivity index (χ0v) is 13.7. The van der Waals surface area contributed by atoms with Crippen LogP contribution in [0.4, 0.5) is 4.79 Å². The Kier molecular flexibility index (Phi) is 5.42. The smallest absolute Gasteiger partial charge is 0.408 e. The van der Waals surface area contributed by atoms with Crippen molar-refractivity contribution in [1.29, 1.82) is 0 Å². The highest BCUT2D eigenvalue weighted by molar-refractivity contribution is 5.77. The Bertz CT molecular complexity index is 574. The lowest BCUT2D eigenvalue weighted by Crippen LogP contribution is -2.43. The second kappa shape index (κ2) is 7.31. The van der Waals surface area contributed by atoms with Gasteiger partial charge >= 0.3 is 12.1 Å². The van der Waals surface area contributed by atoms with Gasteiger partial charge in [-0.2, -0.15) is 0 Å². The lowest BCUT2D eigenvalue weighted by Gasteiger charge is -2.23. The number of amides is 1. The SMILES string of the molecule is CC(C)(C)OC(=O)N[C@H]1C=CC[C@@H]1C(=O)OCc1ccccc1. The minimum absolute atomic E-state index is 0.231. The van der Waals surface area contributed by atoms with E-state index in [1.54, 1.807) is 26.8 Å². The Morgan fingerprint density at radius 2 is 1.91 bits per heavy atom. The summed E-state index contributed by atoms with van der Waals surface area (Å²) in [4.78, 5) is 24.1. The molecule has 0 aliphatic heterocycles. The number of rotatable bonds is 4. The molecule has 1 aliphatic rings. The minimum Gasteiger partial charge on any atom is -0.461 e. The number of allylic oxidation sites excluding steroid dienone is 1. The van der Waals surface area contributed by atoms with Crippen molar-refractivity contribution in [3.63, 3.8) is 0 Å². The van der Waals surface area contributed by atoms with Crippen LogP contribution in [0, 0.1) is 5.92 Å². The summed E-state index contributed by atoms with van der Waals surface area (Å²) in [5.41, 5.74) is 0.360. The van der Waals surface area contributed by atoms with Crippen molar-refractivity contribution in [3.05, 3.63) is 48.0 Å². The summed E-state index contributed by atoms with van der Waals surface area (Å²) in [6.45, 7) is 5.61. The summed E-state index contributed by atoms with van der Waals surface area (Å²) in [7, 11) is 0. The van der Waals surface area contributed by atoms with Gasteiger partial charge < -0.3 is 14.8 Å². The molecule has 2 rings (SSSR count). The van der Waals surface area contributed by atoms with Gasteiger partial charge in [0, 0.05) is 0 Å². The van der Waals surface area contributed by atoms with E-state index >= 15 is 0 Å². The van der Waals surface area contributed by atoms with E-state index in [1.807, 2.05) is 36.4 Å². The number of carbonyl (C=O) groups is 2. The van der Waals surface area contributed by atoms with Gasteiger partial charge in [0.1, 0.15) is 12.2 Å². The van der Waals surface area contributed by atoms with Gasteiger partial charge in [0.2, 0.25) is 0 Å².